The van der Waals surface area contributed by atoms with Crippen molar-refractivity contribution in [1.29, 1.82) is 0 Å². The molecule has 4 rings (SSSR count). The van der Waals surface area contributed by atoms with Crippen LogP contribution in [-0.4, -0.2) is 0 Å². The zero-order valence-corrected chi connectivity index (χ0v) is 21.3. The summed E-state index contributed by atoms with van der Waals surface area (Å²) >= 11 is 0. The normalized spacial score (nSPS) is 56.8. The first kappa shape index (κ1) is 22.2. The van der Waals surface area contributed by atoms with Gasteiger partial charge in [-0.1, -0.05) is 68.7 Å². The fourth-order valence-corrected chi connectivity index (χ4v) is 8.74. The second kappa shape index (κ2) is 7.55. The van der Waals surface area contributed by atoms with Crippen LogP contribution < -0.4 is 0 Å². The lowest BCUT2D eigenvalue weighted by Crippen LogP contribution is -2.45. The largest absolute Gasteiger partial charge is 0.0649 e. The van der Waals surface area contributed by atoms with E-state index in [1.807, 2.05) is 0 Å². The molecule has 0 bridgehead atoms. The molecule has 0 aromatic rings. The van der Waals surface area contributed by atoms with Gasteiger partial charge < -0.3 is 0 Å². The lowest BCUT2D eigenvalue weighted by atomic mass is 9.54. The van der Waals surface area contributed by atoms with Crippen LogP contribution in [-0.2, 0) is 0 Å². The third kappa shape index (κ3) is 3.86. The standard InChI is InChI=1S/C29H52/c1-10-29(9)14-22(29)13-25-21(6)26(23-11-17(2)19(23)4)15-28(7,8)16-27(25)24-12-18(3)20(24)5/h17-27H,10-16H2,1-9H3. The van der Waals surface area contributed by atoms with Crippen molar-refractivity contribution in [3.05, 3.63) is 0 Å². The maximum absolute atomic E-state index is 2.72. The van der Waals surface area contributed by atoms with Crippen molar-refractivity contribution < 1.29 is 0 Å². The first-order chi connectivity index (χ1) is 13.5. The second-order valence-electron chi connectivity index (χ2n) is 14.0. The molecule has 0 saturated heterocycles. The van der Waals surface area contributed by atoms with E-state index in [0.29, 0.717) is 10.8 Å². The topological polar surface area (TPSA) is 0 Å². The zero-order chi connectivity index (χ0) is 21.3. The molecule has 4 aliphatic carbocycles. The van der Waals surface area contributed by atoms with Gasteiger partial charge in [0, 0.05) is 0 Å². The van der Waals surface area contributed by atoms with Crippen LogP contribution >= 0.6 is 0 Å². The van der Waals surface area contributed by atoms with Crippen LogP contribution in [0.2, 0.25) is 0 Å². The van der Waals surface area contributed by atoms with Gasteiger partial charge >= 0.3 is 0 Å². The maximum atomic E-state index is 2.72. The molecule has 0 heteroatoms. The third-order valence-electron chi connectivity index (χ3n) is 11.9. The fraction of sp³-hybridized carbons (Fsp3) is 1.00. The predicted octanol–water partition coefficient (Wildman–Crippen LogP) is 8.70. The second-order valence-corrected chi connectivity index (χ2v) is 14.0. The van der Waals surface area contributed by atoms with Crippen molar-refractivity contribution >= 4 is 0 Å². The molecule has 4 aliphatic rings. The molecule has 4 fully saturated rings. The Balaban J connectivity index is 1.61. The molecule has 0 nitrogen and oxygen atoms in total. The van der Waals surface area contributed by atoms with E-state index in [1.165, 1.54) is 38.5 Å². The van der Waals surface area contributed by atoms with Gasteiger partial charge in [-0.25, -0.2) is 0 Å². The molecule has 29 heavy (non-hydrogen) atoms. The Labute approximate surface area is 183 Å². The molecule has 0 amide bonds. The summed E-state index contributed by atoms with van der Waals surface area (Å²) in [4.78, 5) is 0. The van der Waals surface area contributed by atoms with Crippen molar-refractivity contribution in [3.63, 3.8) is 0 Å². The van der Waals surface area contributed by atoms with Crippen molar-refractivity contribution in [2.75, 3.05) is 0 Å². The Morgan fingerprint density at radius 3 is 1.62 bits per heavy atom. The average molecular weight is 401 g/mol. The Morgan fingerprint density at radius 2 is 1.17 bits per heavy atom. The Hall–Kier alpha value is 0. The summed E-state index contributed by atoms with van der Waals surface area (Å²) in [7, 11) is 0. The van der Waals surface area contributed by atoms with Gasteiger partial charge in [-0.2, -0.15) is 0 Å². The smallest absolute Gasteiger partial charge is 0.0297 e. The van der Waals surface area contributed by atoms with Crippen molar-refractivity contribution in [3.8, 4) is 0 Å². The van der Waals surface area contributed by atoms with E-state index in [2.05, 4.69) is 62.3 Å². The van der Waals surface area contributed by atoms with E-state index in [0.717, 1.165) is 65.1 Å². The molecule has 12 unspecified atom stereocenters. The van der Waals surface area contributed by atoms with Crippen molar-refractivity contribution in [2.24, 2.45) is 75.9 Å². The first-order valence-electron chi connectivity index (χ1n) is 13.5. The minimum Gasteiger partial charge on any atom is -0.0649 e. The van der Waals surface area contributed by atoms with Gasteiger partial charge in [-0.3, -0.25) is 0 Å². The SMILES string of the molecule is CCC1(C)CC1CC1C(C)C(C2CC(C)C2C)CC(C)(C)CC1C1CC(C)C1C. The summed E-state index contributed by atoms with van der Waals surface area (Å²) in [6, 6.07) is 0. The highest BCUT2D eigenvalue weighted by molar-refractivity contribution is 5.05. The molecular weight excluding hydrogens is 348 g/mol. The van der Waals surface area contributed by atoms with Crippen LogP contribution in [0.1, 0.15) is 107 Å². The van der Waals surface area contributed by atoms with E-state index >= 15 is 0 Å². The van der Waals surface area contributed by atoms with Gasteiger partial charge in [0.1, 0.15) is 0 Å². The highest BCUT2D eigenvalue weighted by Crippen LogP contribution is 2.64. The van der Waals surface area contributed by atoms with Crippen molar-refractivity contribution in [2.45, 2.75) is 107 Å². The predicted molar refractivity (Wildman–Crippen MR) is 127 cm³/mol. The van der Waals surface area contributed by atoms with E-state index < -0.39 is 0 Å². The van der Waals surface area contributed by atoms with Crippen LogP contribution in [0, 0.1) is 75.9 Å². The lowest BCUT2D eigenvalue weighted by Gasteiger charge is -2.51. The molecule has 0 heterocycles. The lowest BCUT2D eigenvalue weighted by molar-refractivity contribution is -0.0269. The summed E-state index contributed by atoms with van der Waals surface area (Å²) < 4.78 is 0. The summed E-state index contributed by atoms with van der Waals surface area (Å²) in [5, 5.41) is 0. The minimum absolute atomic E-state index is 0.535. The Kier molecular flexibility index (Phi) is 5.78. The van der Waals surface area contributed by atoms with Gasteiger partial charge in [0.05, 0.1) is 0 Å². The molecule has 0 aromatic heterocycles. The molecule has 0 spiro atoms. The highest BCUT2D eigenvalue weighted by atomic mass is 14.6. The van der Waals surface area contributed by atoms with Gasteiger partial charge in [0.2, 0.25) is 0 Å². The number of hydrogen-bond acceptors (Lipinski definition) is 0. The van der Waals surface area contributed by atoms with Crippen LogP contribution in [0.3, 0.4) is 0 Å². The number of rotatable bonds is 5. The summed E-state index contributed by atoms with van der Waals surface area (Å²) in [6.07, 6.45) is 10.5. The van der Waals surface area contributed by atoms with E-state index in [4.69, 9.17) is 0 Å². The van der Waals surface area contributed by atoms with Gasteiger partial charge in [-0.15, -0.1) is 0 Å². The van der Waals surface area contributed by atoms with Crippen LogP contribution in [0.25, 0.3) is 0 Å². The molecule has 0 aromatic carbocycles. The van der Waals surface area contributed by atoms with E-state index in [9.17, 15) is 0 Å². The number of hydrogen-bond donors (Lipinski definition) is 0. The molecule has 0 aliphatic heterocycles. The molecule has 0 radical (unpaired) electrons. The molecule has 12 atom stereocenters. The molecule has 168 valence electrons. The van der Waals surface area contributed by atoms with Crippen LogP contribution in [0.5, 0.6) is 0 Å². The maximum Gasteiger partial charge on any atom is -0.0297 e. The minimum atomic E-state index is 0.535. The van der Waals surface area contributed by atoms with Gasteiger partial charge in [0.15, 0.2) is 0 Å². The van der Waals surface area contributed by atoms with E-state index in [-0.39, 0.29) is 0 Å². The highest BCUT2D eigenvalue weighted by Gasteiger charge is 2.55. The summed E-state index contributed by atoms with van der Waals surface area (Å²) in [5.74, 6) is 10.8. The fourth-order valence-electron chi connectivity index (χ4n) is 8.74. The Morgan fingerprint density at radius 1 is 0.655 bits per heavy atom. The summed E-state index contributed by atoms with van der Waals surface area (Å²) in [5.41, 5.74) is 1.21. The van der Waals surface area contributed by atoms with E-state index in [1.54, 1.807) is 6.42 Å². The Bertz CT molecular complexity index is 589. The molecular formula is C29H52. The zero-order valence-electron chi connectivity index (χ0n) is 21.3. The molecule has 4 saturated carbocycles. The quantitative estimate of drug-likeness (QED) is 0.405. The third-order valence-corrected chi connectivity index (χ3v) is 11.9. The van der Waals surface area contributed by atoms with Crippen molar-refractivity contribution in [1.82, 2.24) is 0 Å². The van der Waals surface area contributed by atoms with Crippen LogP contribution in [0.4, 0.5) is 0 Å². The average Bonchev–Trinajstić information content (AvgIpc) is 3.35. The monoisotopic (exact) mass is 400 g/mol. The molecule has 0 N–H and O–H groups in total. The van der Waals surface area contributed by atoms with Gasteiger partial charge in [-0.05, 0) is 114 Å². The van der Waals surface area contributed by atoms with Gasteiger partial charge in [0.25, 0.3) is 0 Å². The first-order valence-corrected chi connectivity index (χ1v) is 13.5. The summed E-state index contributed by atoms with van der Waals surface area (Å²) in [6.45, 7) is 23.2. The van der Waals surface area contributed by atoms with Crippen LogP contribution in [0.15, 0.2) is 0 Å².